The normalized spacial score (nSPS) is 14.3. The zero-order valence-corrected chi connectivity index (χ0v) is 14.9. The topological polar surface area (TPSA) is 54.5 Å². The number of carbonyl (C=O) groups excluding carboxylic acids is 1. The Balaban J connectivity index is 1.88. The first kappa shape index (κ1) is 16.7. The number of hydrogen-bond acceptors (Lipinski definition) is 3. The van der Waals surface area contributed by atoms with E-state index in [0.29, 0.717) is 23.6 Å². The fraction of sp³-hybridized carbons (Fsp3) is 0.316. The van der Waals surface area contributed by atoms with E-state index in [2.05, 4.69) is 13.8 Å². The van der Waals surface area contributed by atoms with E-state index in [1.165, 1.54) is 11.8 Å². The molecule has 1 aliphatic rings. The Bertz CT molecular complexity index is 883. The van der Waals surface area contributed by atoms with Gasteiger partial charge in [-0.2, -0.15) is 0 Å². The van der Waals surface area contributed by atoms with Crippen LogP contribution in [-0.4, -0.2) is 20.6 Å². The second kappa shape index (κ2) is 6.06. The molecule has 0 bridgehead atoms. The standard InChI is InChI=1S/C19H21NO3S/c1-13(2)15-6-8-17(9-7-15)20-11-16-5-4-14(12-24(3,22)23)10-18(16)19(20)21/h4-10,13H,11-12H2,1-3H3. The Morgan fingerprint density at radius 2 is 1.75 bits per heavy atom. The minimum Gasteiger partial charge on any atom is -0.304 e. The summed E-state index contributed by atoms with van der Waals surface area (Å²) >= 11 is 0. The fourth-order valence-corrected chi connectivity index (χ4v) is 3.77. The van der Waals surface area contributed by atoms with Crippen molar-refractivity contribution >= 4 is 21.4 Å². The second-order valence-corrected chi connectivity index (χ2v) is 8.84. The summed E-state index contributed by atoms with van der Waals surface area (Å²) in [5.74, 6) is 0.332. The lowest BCUT2D eigenvalue weighted by Gasteiger charge is -2.16. The van der Waals surface area contributed by atoms with E-state index in [1.54, 1.807) is 17.0 Å². The van der Waals surface area contributed by atoms with Crippen LogP contribution in [0.4, 0.5) is 5.69 Å². The van der Waals surface area contributed by atoms with E-state index in [-0.39, 0.29) is 11.7 Å². The molecule has 0 spiro atoms. The molecule has 0 saturated carbocycles. The van der Waals surface area contributed by atoms with E-state index >= 15 is 0 Å². The number of hydrogen-bond donors (Lipinski definition) is 0. The molecule has 0 fully saturated rings. The zero-order valence-electron chi connectivity index (χ0n) is 14.1. The molecule has 0 saturated heterocycles. The lowest BCUT2D eigenvalue weighted by Crippen LogP contribution is -2.22. The molecule has 1 amide bonds. The highest BCUT2D eigenvalue weighted by Crippen LogP contribution is 2.30. The Morgan fingerprint density at radius 1 is 1.08 bits per heavy atom. The van der Waals surface area contributed by atoms with Crippen LogP contribution in [0.15, 0.2) is 42.5 Å². The maximum absolute atomic E-state index is 12.7. The van der Waals surface area contributed by atoms with E-state index in [9.17, 15) is 13.2 Å². The minimum atomic E-state index is -3.12. The van der Waals surface area contributed by atoms with Gasteiger partial charge in [-0.15, -0.1) is 0 Å². The molecule has 0 atom stereocenters. The molecule has 0 aromatic heterocycles. The lowest BCUT2D eigenvalue weighted by atomic mass is 10.0. The van der Waals surface area contributed by atoms with Crippen LogP contribution in [0.5, 0.6) is 0 Å². The van der Waals surface area contributed by atoms with Crippen LogP contribution in [0.3, 0.4) is 0 Å². The SMILES string of the molecule is CC(C)c1ccc(N2Cc3ccc(CS(C)(=O)=O)cc3C2=O)cc1. The van der Waals surface area contributed by atoms with Crippen LogP contribution in [0.1, 0.15) is 46.8 Å². The smallest absolute Gasteiger partial charge is 0.258 e. The molecule has 1 heterocycles. The van der Waals surface area contributed by atoms with Gasteiger partial charge >= 0.3 is 0 Å². The molecule has 4 nitrogen and oxygen atoms in total. The number of sulfone groups is 1. The van der Waals surface area contributed by atoms with Crippen molar-refractivity contribution in [3.05, 3.63) is 64.7 Å². The predicted octanol–water partition coefficient (Wildman–Crippen LogP) is 3.52. The number of rotatable bonds is 4. The van der Waals surface area contributed by atoms with Crippen molar-refractivity contribution in [3.8, 4) is 0 Å². The summed E-state index contributed by atoms with van der Waals surface area (Å²) in [7, 11) is -3.12. The molecule has 2 aromatic carbocycles. The number of fused-ring (bicyclic) bond motifs is 1. The summed E-state index contributed by atoms with van der Waals surface area (Å²) in [5.41, 5.74) is 4.29. The molecular weight excluding hydrogens is 322 g/mol. The second-order valence-electron chi connectivity index (χ2n) is 6.70. The number of carbonyl (C=O) groups is 1. The van der Waals surface area contributed by atoms with E-state index in [0.717, 1.165) is 11.3 Å². The average Bonchev–Trinajstić information content (AvgIpc) is 2.83. The molecule has 0 unspecified atom stereocenters. The monoisotopic (exact) mass is 343 g/mol. The van der Waals surface area contributed by atoms with Gasteiger partial charge in [-0.3, -0.25) is 4.79 Å². The van der Waals surface area contributed by atoms with Crippen LogP contribution < -0.4 is 4.90 Å². The van der Waals surface area contributed by atoms with Crippen molar-refractivity contribution in [2.45, 2.75) is 32.1 Å². The van der Waals surface area contributed by atoms with Gasteiger partial charge in [0.2, 0.25) is 0 Å². The summed E-state index contributed by atoms with van der Waals surface area (Å²) in [4.78, 5) is 14.4. The third-order valence-corrected chi connectivity index (χ3v) is 5.14. The first-order valence-corrected chi connectivity index (χ1v) is 10.0. The van der Waals surface area contributed by atoms with Crippen LogP contribution in [0, 0.1) is 0 Å². The number of amides is 1. The summed E-state index contributed by atoms with van der Waals surface area (Å²) in [6, 6.07) is 13.4. The molecule has 0 N–H and O–H groups in total. The van der Waals surface area contributed by atoms with E-state index < -0.39 is 9.84 Å². The Kier molecular flexibility index (Phi) is 4.22. The molecular formula is C19H21NO3S. The molecule has 0 radical (unpaired) electrons. The Labute approximate surface area is 143 Å². The lowest BCUT2D eigenvalue weighted by molar-refractivity contribution is 0.0996. The summed E-state index contributed by atoms with van der Waals surface area (Å²) in [6.07, 6.45) is 1.20. The largest absolute Gasteiger partial charge is 0.304 e. The van der Waals surface area contributed by atoms with Crippen LogP contribution in [-0.2, 0) is 22.1 Å². The highest BCUT2D eigenvalue weighted by Gasteiger charge is 2.28. The van der Waals surface area contributed by atoms with Gasteiger partial charge in [-0.05, 0) is 40.8 Å². The highest BCUT2D eigenvalue weighted by molar-refractivity contribution is 7.89. The maximum Gasteiger partial charge on any atom is 0.258 e. The summed E-state index contributed by atoms with van der Waals surface area (Å²) in [5, 5.41) is 0. The summed E-state index contributed by atoms with van der Waals surface area (Å²) < 4.78 is 22.9. The predicted molar refractivity (Wildman–Crippen MR) is 96.0 cm³/mol. The molecule has 5 heteroatoms. The van der Waals surface area contributed by atoms with Crippen molar-refractivity contribution in [2.75, 3.05) is 11.2 Å². The molecule has 24 heavy (non-hydrogen) atoms. The van der Waals surface area contributed by atoms with Gasteiger partial charge in [0, 0.05) is 17.5 Å². The quantitative estimate of drug-likeness (QED) is 0.853. The van der Waals surface area contributed by atoms with Gasteiger partial charge in [0.1, 0.15) is 0 Å². The number of anilines is 1. The van der Waals surface area contributed by atoms with Gasteiger partial charge in [-0.25, -0.2) is 8.42 Å². The molecule has 2 aromatic rings. The number of nitrogens with zero attached hydrogens (tertiary/aromatic N) is 1. The first-order chi connectivity index (χ1) is 11.2. The molecule has 126 valence electrons. The fourth-order valence-electron chi connectivity index (χ4n) is 2.99. The van der Waals surface area contributed by atoms with Crippen molar-refractivity contribution in [3.63, 3.8) is 0 Å². The maximum atomic E-state index is 12.7. The van der Waals surface area contributed by atoms with Crippen molar-refractivity contribution < 1.29 is 13.2 Å². The summed E-state index contributed by atoms with van der Waals surface area (Å²) in [6.45, 7) is 4.79. The highest BCUT2D eigenvalue weighted by atomic mass is 32.2. The van der Waals surface area contributed by atoms with Crippen molar-refractivity contribution in [1.82, 2.24) is 0 Å². The zero-order chi connectivity index (χ0) is 17.5. The Morgan fingerprint density at radius 3 is 2.33 bits per heavy atom. The van der Waals surface area contributed by atoms with Gasteiger partial charge in [-0.1, -0.05) is 38.1 Å². The third-order valence-electron chi connectivity index (χ3n) is 4.28. The molecule has 0 aliphatic carbocycles. The van der Waals surface area contributed by atoms with Gasteiger partial charge < -0.3 is 4.90 Å². The van der Waals surface area contributed by atoms with Crippen LogP contribution >= 0.6 is 0 Å². The van der Waals surface area contributed by atoms with Gasteiger partial charge in [0.05, 0.1) is 12.3 Å². The minimum absolute atomic E-state index is 0.0450. The molecule has 1 aliphatic heterocycles. The average molecular weight is 343 g/mol. The van der Waals surface area contributed by atoms with Crippen molar-refractivity contribution in [1.29, 1.82) is 0 Å². The Hall–Kier alpha value is -2.14. The molecule has 3 rings (SSSR count). The van der Waals surface area contributed by atoms with Crippen LogP contribution in [0.2, 0.25) is 0 Å². The first-order valence-electron chi connectivity index (χ1n) is 7.96. The third kappa shape index (κ3) is 3.36. The van der Waals surface area contributed by atoms with E-state index in [4.69, 9.17) is 0 Å². The van der Waals surface area contributed by atoms with Gasteiger partial charge in [0.15, 0.2) is 9.84 Å². The van der Waals surface area contributed by atoms with Crippen LogP contribution in [0.25, 0.3) is 0 Å². The van der Waals surface area contributed by atoms with Gasteiger partial charge in [0.25, 0.3) is 5.91 Å². The van der Waals surface area contributed by atoms with E-state index in [1.807, 2.05) is 30.3 Å². The number of benzene rings is 2. The van der Waals surface area contributed by atoms with Crippen molar-refractivity contribution in [2.24, 2.45) is 0 Å².